The standard InChI is InChI=1S/C9H18N4O2S/c1-3-4-12-16(14,15)9-7-11-13(8-9)6-5-10-2/h7-8,10,12H,3-6H2,1-2H3. The lowest BCUT2D eigenvalue weighted by Crippen LogP contribution is -2.24. The molecular formula is C9H18N4O2S. The molecule has 0 radical (unpaired) electrons. The van der Waals surface area contributed by atoms with E-state index in [9.17, 15) is 8.42 Å². The van der Waals surface area contributed by atoms with Crippen LogP contribution in [0, 0.1) is 0 Å². The summed E-state index contributed by atoms with van der Waals surface area (Å²) in [6.45, 7) is 3.77. The fourth-order valence-corrected chi connectivity index (χ4v) is 2.24. The van der Waals surface area contributed by atoms with Gasteiger partial charge >= 0.3 is 0 Å². The van der Waals surface area contributed by atoms with Gasteiger partial charge in [0.2, 0.25) is 10.0 Å². The summed E-state index contributed by atoms with van der Waals surface area (Å²) in [5.41, 5.74) is 0. The van der Waals surface area contributed by atoms with Crippen molar-refractivity contribution in [2.24, 2.45) is 0 Å². The Hall–Kier alpha value is -0.920. The average Bonchev–Trinajstić information content (AvgIpc) is 2.73. The number of nitrogens with one attached hydrogen (secondary N) is 2. The Labute approximate surface area is 96.1 Å². The molecule has 0 saturated carbocycles. The molecule has 2 N–H and O–H groups in total. The lowest BCUT2D eigenvalue weighted by molar-refractivity contribution is 0.575. The van der Waals surface area contributed by atoms with Gasteiger partial charge in [-0.1, -0.05) is 6.92 Å². The Morgan fingerprint density at radius 1 is 1.44 bits per heavy atom. The van der Waals surface area contributed by atoms with Crippen LogP contribution >= 0.6 is 0 Å². The van der Waals surface area contributed by atoms with Gasteiger partial charge in [-0.15, -0.1) is 0 Å². The van der Waals surface area contributed by atoms with Gasteiger partial charge in [0.1, 0.15) is 4.90 Å². The first kappa shape index (κ1) is 13.1. The molecular weight excluding hydrogens is 228 g/mol. The maximum absolute atomic E-state index is 11.7. The number of rotatable bonds is 7. The number of hydrogen-bond donors (Lipinski definition) is 2. The summed E-state index contributed by atoms with van der Waals surface area (Å²) in [6.07, 6.45) is 3.68. The van der Waals surface area contributed by atoms with Gasteiger partial charge < -0.3 is 5.32 Å². The van der Waals surface area contributed by atoms with Crippen molar-refractivity contribution in [3.8, 4) is 0 Å². The Kier molecular flexibility index (Phi) is 4.91. The molecule has 0 aliphatic rings. The second-order valence-electron chi connectivity index (χ2n) is 3.44. The van der Waals surface area contributed by atoms with Crippen LogP contribution in [0.4, 0.5) is 0 Å². The highest BCUT2D eigenvalue weighted by Crippen LogP contribution is 2.06. The molecule has 0 saturated heterocycles. The number of hydrogen-bond acceptors (Lipinski definition) is 4. The quantitative estimate of drug-likeness (QED) is 0.698. The first-order chi connectivity index (χ1) is 7.60. The van der Waals surface area contributed by atoms with E-state index in [2.05, 4.69) is 15.1 Å². The van der Waals surface area contributed by atoms with Crippen LogP contribution in [0.3, 0.4) is 0 Å². The van der Waals surface area contributed by atoms with Crippen LogP contribution < -0.4 is 10.0 Å². The van der Waals surface area contributed by atoms with Crippen LogP contribution in [-0.4, -0.2) is 38.3 Å². The molecule has 0 atom stereocenters. The molecule has 1 aromatic heterocycles. The molecule has 7 heteroatoms. The van der Waals surface area contributed by atoms with Crippen LogP contribution in [0.5, 0.6) is 0 Å². The van der Waals surface area contributed by atoms with E-state index in [1.807, 2.05) is 14.0 Å². The van der Waals surface area contributed by atoms with Gasteiger partial charge in [0.25, 0.3) is 0 Å². The lowest BCUT2D eigenvalue weighted by atomic mass is 10.5. The summed E-state index contributed by atoms with van der Waals surface area (Å²) in [6, 6.07) is 0. The number of aromatic nitrogens is 2. The first-order valence-corrected chi connectivity index (χ1v) is 6.75. The van der Waals surface area contributed by atoms with Gasteiger partial charge in [0.15, 0.2) is 0 Å². The van der Waals surface area contributed by atoms with Crippen molar-refractivity contribution in [2.45, 2.75) is 24.8 Å². The van der Waals surface area contributed by atoms with E-state index in [4.69, 9.17) is 0 Å². The van der Waals surface area contributed by atoms with Crippen molar-refractivity contribution < 1.29 is 8.42 Å². The summed E-state index contributed by atoms with van der Waals surface area (Å²) in [5.74, 6) is 0. The van der Waals surface area contributed by atoms with Crippen molar-refractivity contribution in [1.29, 1.82) is 0 Å². The second-order valence-corrected chi connectivity index (χ2v) is 5.21. The molecule has 1 rings (SSSR count). The summed E-state index contributed by atoms with van der Waals surface area (Å²) in [4.78, 5) is 0.219. The van der Waals surface area contributed by atoms with Crippen LogP contribution in [0.15, 0.2) is 17.3 Å². The fourth-order valence-electron chi connectivity index (χ4n) is 1.15. The van der Waals surface area contributed by atoms with Crippen molar-refractivity contribution in [3.63, 3.8) is 0 Å². The van der Waals surface area contributed by atoms with Gasteiger partial charge in [0, 0.05) is 19.3 Å². The zero-order valence-corrected chi connectivity index (χ0v) is 10.4. The van der Waals surface area contributed by atoms with Gasteiger partial charge in [-0.25, -0.2) is 13.1 Å². The largest absolute Gasteiger partial charge is 0.318 e. The predicted molar refractivity (Wildman–Crippen MR) is 61.6 cm³/mol. The second kappa shape index (κ2) is 5.97. The van der Waals surface area contributed by atoms with Crippen molar-refractivity contribution >= 4 is 10.0 Å². The molecule has 1 aromatic rings. The maximum Gasteiger partial charge on any atom is 0.243 e. The zero-order chi connectivity index (χ0) is 12.0. The molecule has 0 fully saturated rings. The molecule has 0 aliphatic heterocycles. The van der Waals surface area contributed by atoms with Gasteiger partial charge in [-0.3, -0.25) is 4.68 Å². The molecule has 16 heavy (non-hydrogen) atoms. The molecule has 0 unspecified atom stereocenters. The first-order valence-electron chi connectivity index (χ1n) is 5.27. The van der Waals surface area contributed by atoms with Gasteiger partial charge in [0.05, 0.1) is 12.7 Å². The fraction of sp³-hybridized carbons (Fsp3) is 0.667. The third-order valence-electron chi connectivity index (χ3n) is 2.05. The van der Waals surface area contributed by atoms with Crippen LogP contribution in [-0.2, 0) is 16.6 Å². The Morgan fingerprint density at radius 3 is 2.81 bits per heavy atom. The summed E-state index contributed by atoms with van der Waals surface area (Å²) < 4.78 is 27.5. The minimum absolute atomic E-state index is 0.219. The third kappa shape index (κ3) is 3.58. The van der Waals surface area contributed by atoms with E-state index in [0.717, 1.165) is 13.0 Å². The third-order valence-corrected chi connectivity index (χ3v) is 3.47. The molecule has 1 heterocycles. The van der Waals surface area contributed by atoms with E-state index in [-0.39, 0.29) is 4.90 Å². The van der Waals surface area contributed by atoms with E-state index in [1.165, 1.54) is 12.4 Å². The lowest BCUT2D eigenvalue weighted by Gasteiger charge is -2.02. The van der Waals surface area contributed by atoms with E-state index in [0.29, 0.717) is 13.1 Å². The molecule has 92 valence electrons. The molecule has 6 nitrogen and oxygen atoms in total. The molecule has 0 spiro atoms. The highest BCUT2D eigenvalue weighted by atomic mass is 32.2. The van der Waals surface area contributed by atoms with E-state index < -0.39 is 10.0 Å². The zero-order valence-electron chi connectivity index (χ0n) is 9.60. The summed E-state index contributed by atoms with van der Waals surface area (Å²) in [5, 5.41) is 6.96. The van der Waals surface area contributed by atoms with Gasteiger partial charge in [-0.05, 0) is 13.5 Å². The van der Waals surface area contributed by atoms with Crippen LogP contribution in [0.1, 0.15) is 13.3 Å². The molecule has 0 bridgehead atoms. The molecule has 0 aliphatic carbocycles. The van der Waals surface area contributed by atoms with Crippen LogP contribution in [0.2, 0.25) is 0 Å². The molecule has 0 aromatic carbocycles. The highest BCUT2D eigenvalue weighted by molar-refractivity contribution is 7.89. The minimum Gasteiger partial charge on any atom is -0.318 e. The SMILES string of the molecule is CCCNS(=O)(=O)c1cnn(CCNC)c1. The van der Waals surface area contributed by atoms with Crippen molar-refractivity contribution in [1.82, 2.24) is 19.8 Å². The highest BCUT2D eigenvalue weighted by Gasteiger charge is 2.14. The van der Waals surface area contributed by atoms with E-state index in [1.54, 1.807) is 4.68 Å². The van der Waals surface area contributed by atoms with Crippen molar-refractivity contribution in [3.05, 3.63) is 12.4 Å². The topological polar surface area (TPSA) is 76.0 Å². The average molecular weight is 246 g/mol. The summed E-state index contributed by atoms with van der Waals surface area (Å²) >= 11 is 0. The Morgan fingerprint density at radius 2 is 2.19 bits per heavy atom. The number of likely N-dealkylation sites (N-methyl/N-ethyl adjacent to an activating group) is 1. The number of nitrogens with zero attached hydrogens (tertiary/aromatic N) is 2. The summed E-state index contributed by atoms with van der Waals surface area (Å²) in [7, 11) is -1.54. The smallest absolute Gasteiger partial charge is 0.243 e. The van der Waals surface area contributed by atoms with Crippen LogP contribution in [0.25, 0.3) is 0 Å². The minimum atomic E-state index is -3.38. The normalized spacial score (nSPS) is 11.9. The predicted octanol–water partition coefficient (Wildman–Crippen LogP) is -0.209. The van der Waals surface area contributed by atoms with Gasteiger partial charge in [-0.2, -0.15) is 5.10 Å². The Bertz CT molecular complexity index is 413. The maximum atomic E-state index is 11.7. The van der Waals surface area contributed by atoms with Crippen molar-refractivity contribution in [2.75, 3.05) is 20.1 Å². The Balaban J connectivity index is 2.69. The molecule has 0 amide bonds. The monoisotopic (exact) mass is 246 g/mol. The van der Waals surface area contributed by atoms with E-state index >= 15 is 0 Å². The number of sulfonamides is 1.